The molecule has 0 spiro atoms. The van der Waals surface area contributed by atoms with Crippen LogP contribution in [0.3, 0.4) is 0 Å². The Hall–Kier alpha value is -2.11. The Balaban J connectivity index is 2.93. The Morgan fingerprint density at radius 2 is 2.15 bits per heavy atom. The zero-order chi connectivity index (χ0) is 15.3. The van der Waals surface area contributed by atoms with Gasteiger partial charge >= 0.3 is 0 Å². The highest BCUT2D eigenvalue weighted by Gasteiger charge is 2.37. The standard InChI is InChI=1S/C14H20FN3O2/c1-4-14(3,12(16)18-20)13(19)17-9(2)10-7-5-6-8-11(10)15/h5-9,20H,4H2,1-3H3,(H2,16,18)(H,17,19). The molecule has 0 aliphatic heterocycles. The number of oxime groups is 1. The van der Waals surface area contributed by atoms with E-state index in [1.165, 1.54) is 6.07 Å². The second-order valence-electron chi connectivity index (χ2n) is 4.89. The van der Waals surface area contributed by atoms with Crippen LogP contribution in [0.1, 0.15) is 38.8 Å². The summed E-state index contributed by atoms with van der Waals surface area (Å²) in [5.41, 5.74) is 4.83. The summed E-state index contributed by atoms with van der Waals surface area (Å²) in [6.07, 6.45) is 0.360. The molecule has 1 amide bonds. The molecule has 1 rings (SSSR count). The van der Waals surface area contributed by atoms with Crippen LogP contribution in [0.5, 0.6) is 0 Å². The van der Waals surface area contributed by atoms with E-state index in [0.717, 1.165) is 0 Å². The van der Waals surface area contributed by atoms with E-state index in [-0.39, 0.29) is 11.7 Å². The highest BCUT2D eigenvalue weighted by atomic mass is 19.1. The number of hydrogen-bond donors (Lipinski definition) is 3. The van der Waals surface area contributed by atoms with Gasteiger partial charge in [-0.1, -0.05) is 30.3 Å². The van der Waals surface area contributed by atoms with E-state index in [2.05, 4.69) is 10.5 Å². The first kappa shape index (κ1) is 15.9. The van der Waals surface area contributed by atoms with Crippen LogP contribution < -0.4 is 11.1 Å². The lowest BCUT2D eigenvalue weighted by atomic mass is 9.84. The number of nitrogens with one attached hydrogen (secondary N) is 1. The van der Waals surface area contributed by atoms with Gasteiger partial charge in [-0.2, -0.15) is 0 Å². The van der Waals surface area contributed by atoms with Crippen LogP contribution in [0.4, 0.5) is 4.39 Å². The molecule has 0 aliphatic carbocycles. The van der Waals surface area contributed by atoms with E-state index in [4.69, 9.17) is 10.9 Å². The number of halogens is 1. The molecule has 1 aromatic rings. The van der Waals surface area contributed by atoms with Gasteiger partial charge in [0, 0.05) is 5.56 Å². The molecule has 0 saturated heterocycles. The average molecular weight is 281 g/mol. The molecule has 0 saturated carbocycles. The molecule has 6 heteroatoms. The zero-order valence-electron chi connectivity index (χ0n) is 11.9. The third-order valence-corrected chi connectivity index (χ3v) is 3.60. The first-order valence-corrected chi connectivity index (χ1v) is 6.40. The van der Waals surface area contributed by atoms with Crippen LogP contribution in [-0.2, 0) is 4.79 Å². The number of carbonyl (C=O) groups is 1. The Morgan fingerprint density at radius 1 is 1.55 bits per heavy atom. The Bertz CT molecular complexity index is 519. The molecule has 110 valence electrons. The largest absolute Gasteiger partial charge is 0.409 e. The fourth-order valence-electron chi connectivity index (χ4n) is 1.83. The lowest BCUT2D eigenvalue weighted by molar-refractivity contribution is -0.127. The average Bonchev–Trinajstić information content (AvgIpc) is 2.45. The number of nitrogens with two attached hydrogens (primary N) is 1. The molecule has 0 bridgehead atoms. The summed E-state index contributed by atoms with van der Waals surface area (Å²) in [6.45, 7) is 5.01. The van der Waals surface area contributed by atoms with Gasteiger partial charge in [-0.3, -0.25) is 4.79 Å². The normalized spacial score (nSPS) is 16.3. The number of amides is 1. The molecule has 2 atom stereocenters. The van der Waals surface area contributed by atoms with Crippen LogP contribution >= 0.6 is 0 Å². The lowest BCUT2D eigenvalue weighted by Gasteiger charge is -2.27. The van der Waals surface area contributed by atoms with Crippen molar-refractivity contribution in [3.8, 4) is 0 Å². The first-order valence-electron chi connectivity index (χ1n) is 6.40. The molecule has 5 nitrogen and oxygen atoms in total. The number of hydrogen-bond acceptors (Lipinski definition) is 3. The summed E-state index contributed by atoms with van der Waals surface area (Å²) in [5.74, 6) is -0.966. The van der Waals surface area contributed by atoms with E-state index in [1.807, 2.05) is 0 Å². The maximum Gasteiger partial charge on any atom is 0.234 e. The Kier molecular flexibility index (Phi) is 5.07. The van der Waals surface area contributed by atoms with Crippen LogP contribution in [0.15, 0.2) is 29.4 Å². The molecule has 20 heavy (non-hydrogen) atoms. The van der Waals surface area contributed by atoms with Gasteiger partial charge in [-0.05, 0) is 26.3 Å². The molecule has 0 heterocycles. The van der Waals surface area contributed by atoms with Crippen molar-refractivity contribution < 1.29 is 14.4 Å². The lowest BCUT2D eigenvalue weighted by Crippen LogP contribution is -2.48. The van der Waals surface area contributed by atoms with Crippen molar-refractivity contribution in [2.24, 2.45) is 16.3 Å². The molecule has 2 unspecified atom stereocenters. The van der Waals surface area contributed by atoms with Crippen molar-refractivity contribution in [1.82, 2.24) is 5.32 Å². The topological polar surface area (TPSA) is 87.7 Å². The van der Waals surface area contributed by atoms with Gasteiger partial charge in [0.2, 0.25) is 5.91 Å². The molecule has 0 fully saturated rings. The molecule has 0 aromatic heterocycles. The Morgan fingerprint density at radius 3 is 2.65 bits per heavy atom. The molecule has 0 radical (unpaired) electrons. The minimum atomic E-state index is -1.13. The Labute approximate surface area is 117 Å². The summed E-state index contributed by atoms with van der Waals surface area (Å²) < 4.78 is 13.7. The highest BCUT2D eigenvalue weighted by Crippen LogP contribution is 2.24. The second kappa shape index (κ2) is 6.36. The third kappa shape index (κ3) is 3.07. The van der Waals surface area contributed by atoms with Gasteiger partial charge < -0.3 is 16.3 Å². The van der Waals surface area contributed by atoms with E-state index in [0.29, 0.717) is 12.0 Å². The number of amidine groups is 1. The summed E-state index contributed by atoms with van der Waals surface area (Å²) in [4.78, 5) is 12.3. The minimum Gasteiger partial charge on any atom is -0.409 e. The summed E-state index contributed by atoms with van der Waals surface area (Å²) in [6, 6.07) is 5.71. The molecular formula is C14H20FN3O2. The first-order chi connectivity index (χ1) is 9.36. The molecule has 4 N–H and O–H groups in total. The second-order valence-corrected chi connectivity index (χ2v) is 4.89. The zero-order valence-corrected chi connectivity index (χ0v) is 11.9. The third-order valence-electron chi connectivity index (χ3n) is 3.60. The van der Waals surface area contributed by atoms with Crippen LogP contribution in [0, 0.1) is 11.2 Å². The van der Waals surface area contributed by atoms with Crippen molar-refractivity contribution in [2.45, 2.75) is 33.2 Å². The number of carbonyl (C=O) groups excluding carboxylic acids is 1. The molecule has 1 aromatic carbocycles. The SMILES string of the molecule is CCC(C)(C(=O)NC(C)c1ccccc1F)/C(N)=N/O. The fraction of sp³-hybridized carbons (Fsp3) is 0.429. The number of rotatable bonds is 5. The van der Waals surface area contributed by atoms with Gasteiger partial charge in [-0.15, -0.1) is 0 Å². The van der Waals surface area contributed by atoms with E-state index >= 15 is 0 Å². The van der Waals surface area contributed by atoms with Gasteiger partial charge in [0.15, 0.2) is 5.84 Å². The predicted octanol–water partition coefficient (Wildman–Crippen LogP) is 2.17. The van der Waals surface area contributed by atoms with E-state index < -0.39 is 17.4 Å². The molecular weight excluding hydrogens is 261 g/mol. The molecule has 0 aliphatic rings. The fourth-order valence-corrected chi connectivity index (χ4v) is 1.83. The van der Waals surface area contributed by atoms with Crippen LogP contribution in [-0.4, -0.2) is 17.0 Å². The summed E-state index contributed by atoms with van der Waals surface area (Å²) in [7, 11) is 0. The quantitative estimate of drug-likeness (QED) is 0.334. The summed E-state index contributed by atoms with van der Waals surface area (Å²) >= 11 is 0. The maximum absolute atomic E-state index is 13.7. The van der Waals surface area contributed by atoms with E-state index in [9.17, 15) is 9.18 Å². The summed E-state index contributed by atoms with van der Waals surface area (Å²) in [5, 5.41) is 14.4. The number of nitrogens with zero attached hydrogens (tertiary/aromatic N) is 1. The van der Waals surface area contributed by atoms with Crippen LogP contribution in [0.2, 0.25) is 0 Å². The van der Waals surface area contributed by atoms with E-state index in [1.54, 1.807) is 39.0 Å². The number of benzene rings is 1. The van der Waals surface area contributed by atoms with Gasteiger partial charge in [-0.25, -0.2) is 4.39 Å². The van der Waals surface area contributed by atoms with Gasteiger partial charge in [0.1, 0.15) is 11.2 Å². The van der Waals surface area contributed by atoms with Gasteiger partial charge in [0.25, 0.3) is 0 Å². The van der Waals surface area contributed by atoms with Crippen molar-refractivity contribution in [3.05, 3.63) is 35.6 Å². The van der Waals surface area contributed by atoms with Crippen molar-refractivity contribution in [3.63, 3.8) is 0 Å². The minimum absolute atomic E-state index is 0.168. The van der Waals surface area contributed by atoms with Crippen molar-refractivity contribution in [1.29, 1.82) is 0 Å². The van der Waals surface area contributed by atoms with Crippen molar-refractivity contribution in [2.75, 3.05) is 0 Å². The van der Waals surface area contributed by atoms with Crippen molar-refractivity contribution >= 4 is 11.7 Å². The van der Waals surface area contributed by atoms with Gasteiger partial charge in [0.05, 0.1) is 6.04 Å². The van der Waals surface area contributed by atoms with Crippen LogP contribution in [0.25, 0.3) is 0 Å². The highest BCUT2D eigenvalue weighted by molar-refractivity contribution is 6.06. The smallest absolute Gasteiger partial charge is 0.234 e. The maximum atomic E-state index is 13.7. The monoisotopic (exact) mass is 281 g/mol. The predicted molar refractivity (Wildman–Crippen MR) is 74.8 cm³/mol.